The fraction of sp³-hybridized carbons (Fsp3) is 0.591. The first-order valence-electron chi connectivity index (χ1n) is 22.4. The topological polar surface area (TPSA) is 220 Å². The molecule has 4 fully saturated rings. The molecule has 3 aromatic rings. The zero-order valence-corrected chi connectivity index (χ0v) is 38.1. The molecular formula is C44H58N8O10S2. The maximum Gasteiger partial charge on any atom is 0.408 e. The fourth-order valence-corrected chi connectivity index (χ4v) is 11.0. The van der Waals surface area contributed by atoms with Crippen molar-refractivity contribution >= 4 is 61.4 Å². The van der Waals surface area contributed by atoms with E-state index in [1.165, 1.54) is 16.2 Å². The summed E-state index contributed by atoms with van der Waals surface area (Å²) < 4.78 is 53.6. The Labute approximate surface area is 377 Å². The second-order valence-corrected chi connectivity index (χ2v) is 20.0. The molecule has 2 aromatic heterocycles. The maximum absolute atomic E-state index is 14.8. The second-order valence-electron chi connectivity index (χ2n) is 17.5. The zero-order chi connectivity index (χ0) is 45.0. The number of hydrogen-bond donors (Lipinski definition) is 4. The summed E-state index contributed by atoms with van der Waals surface area (Å²) in [6.45, 7) is 4.57. The molecule has 3 aliphatic heterocycles. The monoisotopic (exact) mass is 922 g/mol. The van der Waals surface area contributed by atoms with E-state index in [2.05, 4.69) is 20.7 Å². The van der Waals surface area contributed by atoms with Crippen molar-refractivity contribution in [2.24, 2.45) is 5.92 Å². The molecule has 5 aliphatic rings. The van der Waals surface area contributed by atoms with Crippen molar-refractivity contribution in [3.8, 4) is 22.9 Å². The number of thiazole rings is 1. The summed E-state index contributed by atoms with van der Waals surface area (Å²) in [7, 11) is -2.68. The molecular weight excluding hydrogens is 865 g/mol. The van der Waals surface area contributed by atoms with Gasteiger partial charge in [0.15, 0.2) is 5.13 Å². The summed E-state index contributed by atoms with van der Waals surface area (Å²) >= 11 is 1.45. The Bertz CT molecular complexity index is 2350. The molecule has 0 radical (unpaired) electrons. The van der Waals surface area contributed by atoms with Crippen LogP contribution in [0.3, 0.4) is 0 Å². The molecule has 20 heteroatoms. The number of methoxy groups -OCH3 is 1. The summed E-state index contributed by atoms with van der Waals surface area (Å²) in [5, 5.41) is 12.4. The van der Waals surface area contributed by atoms with Crippen LogP contribution in [0, 0.1) is 5.92 Å². The van der Waals surface area contributed by atoms with Gasteiger partial charge in [-0.3, -0.25) is 14.4 Å². The summed E-state index contributed by atoms with van der Waals surface area (Å²) in [4.78, 5) is 68.1. The van der Waals surface area contributed by atoms with Crippen molar-refractivity contribution in [3.63, 3.8) is 0 Å². The Kier molecular flexibility index (Phi) is 13.9. The lowest BCUT2D eigenvalue weighted by Crippen LogP contribution is -2.59. The summed E-state index contributed by atoms with van der Waals surface area (Å²) in [6.07, 6.45) is 8.93. The minimum Gasteiger partial charge on any atom is -0.497 e. The standard InChI is InChI=1S/C44H58N8O10S2/c1-27(2)45-42-47-36(26-63-42)35-23-38(32-16-15-30(59-3)21-34(32)46-35)61-31-22-37-39(53)49-44(41(55)50-64(57,58)51-17-19-60-20-18-51)24-28(44)11-7-5-4-6-8-14-33(40(54)52(37)25-31)48-43(56)62-29-12-9-10-13-29/h7,11,15-16,21,23,26-29,31,33,37H,4-6,8-10,12-14,17-20,22,24-25H2,1-3H3,(H,45,47)(H,48,56)(H,49,53)(H,50,55)/b11-7-/t28-,31-,33+,37+,44-/m1/s1. The first kappa shape index (κ1) is 45.5. The number of allylic oxidation sites excluding steroid dienone is 1. The lowest BCUT2D eigenvalue weighted by molar-refractivity contribution is -0.141. The normalized spacial score (nSPS) is 26.5. The van der Waals surface area contributed by atoms with Crippen LogP contribution in [-0.4, -0.2) is 127 Å². The van der Waals surface area contributed by atoms with Crippen molar-refractivity contribution in [1.82, 2.24) is 34.5 Å². The van der Waals surface area contributed by atoms with Crippen molar-refractivity contribution < 1.29 is 46.5 Å². The van der Waals surface area contributed by atoms with Gasteiger partial charge in [0, 0.05) is 54.4 Å². The molecule has 2 saturated heterocycles. The summed E-state index contributed by atoms with van der Waals surface area (Å²) in [5.41, 5.74) is 0.165. The van der Waals surface area contributed by atoms with Gasteiger partial charge in [-0.25, -0.2) is 19.5 Å². The average Bonchev–Trinajstić information content (AvgIpc) is 3.70. The lowest BCUT2D eigenvalue weighted by atomic mass is 10.0. The number of nitrogens with zero attached hydrogens (tertiary/aromatic N) is 4. The predicted molar refractivity (Wildman–Crippen MR) is 239 cm³/mol. The average molecular weight is 923 g/mol. The highest BCUT2D eigenvalue weighted by Gasteiger charge is 2.62. The van der Waals surface area contributed by atoms with Crippen LogP contribution >= 0.6 is 11.3 Å². The van der Waals surface area contributed by atoms with Gasteiger partial charge in [0.25, 0.3) is 5.91 Å². The van der Waals surface area contributed by atoms with Gasteiger partial charge in [-0.2, -0.15) is 12.7 Å². The van der Waals surface area contributed by atoms with Crippen molar-refractivity contribution in [3.05, 3.63) is 41.8 Å². The zero-order valence-electron chi connectivity index (χ0n) is 36.5. The number of rotatable bonds is 11. The number of nitrogens with one attached hydrogen (secondary N) is 4. The Hall–Kier alpha value is -5.05. The van der Waals surface area contributed by atoms with E-state index in [9.17, 15) is 27.6 Å². The quantitative estimate of drug-likeness (QED) is 0.193. The number of morpholine rings is 1. The Balaban J connectivity index is 1.11. The van der Waals surface area contributed by atoms with Crippen LogP contribution in [-0.2, 0) is 34.1 Å². The van der Waals surface area contributed by atoms with Gasteiger partial charge in [-0.15, -0.1) is 11.3 Å². The van der Waals surface area contributed by atoms with Crippen LogP contribution in [0.15, 0.2) is 41.8 Å². The number of fused-ring (bicyclic) bond motifs is 3. The van der Waals surface area contributed by atoms with E-state index in [4.69, 9.17) is 28.9 Å². The van der Waals surface area contributed by atoms with Crippen LogP contribution < -0.4 is 30.1 Å². The van der Waals surface area contributed by atoms with Crippen LogP contribution in [0.2, 0.25) is 0 Å². The Morgan fingerprint density at radius 1 is 1.00 bits per heavy atom. The van der Waals surface area contributed by atoms with Gasteiger partial charge in [0.1, 0.15) is 47.0 Å². The maximum atomic E-state index is 14.8. The minimum absolute atomic E-state index is 0.0234. The molecule has 2 aliphatic carbocycles. The molecule has 8 rings (SSSR count). The lowest BCUT2D eigenvalue weighted by Gasteiger charge is -2.30. The predicted octanol–water partition coefficient (Wildman–Crippen LogP) is 4.66. The molecule has 4 N–H and O–H groups in total. The minimum atomic E-state index is -4.25. The largest absolute Gasteiger partial charge is 0.497 e. The van der Waals surface area contributed by atoms with Gasteiger partial charge in [-0.05, 0) is 77.3 Å². The third-order valence-corrected chi connectivity index (χ3v) is 14.8. The number of benzene rings is 1. The van der Waals surface area contributed by atoms with E-state index in [-0.39, 0.29) is 57.8 Å². The van der Waals surface area contributed by atoms with Gasteiger partial charge >= 0.3 is 16.3 Å². The highest BCUT2D eigenvalue weighted by Crippen LogP contribution is 2.46. The Morgan fingerprint density at radius 2 is 1.78 bits per heavy atom. The van der Waals surface area contributed by atoms with Crippen molar-refractivity contribution in [2.45, 2.75) is 120 Å². The molecule has 64 heavy (non-hydrogen) atoms. The number of hydrogen-bond acceptors (Lipinski definition) is 14. The van der Waals surface area contributed by atoms with Gasteiger partial charge in [-0.1, -0.05) is 25.0 Å². The smallest absolute Gasteiger partial charge is 0.408 e. The number of pyridine rings is 1. The summed E-state index contributed by atoms with van der Waals surface area (Å²) in [5.74, 6) is -1.44. The molecule has 346 valence electrons. The SMILES string of the molecule is COc1ccc2c(O[C@@H]3C[C@H]4C(=O)N[C@]5(C(=O)NS(=O)(=O)N6CCOCC6)C[C@H]5/C=C\CCCCC[C@H](NC(=O)OC5CCCC5)C(=O)N4C3)cc(-c3csc(NC(C)C)n3)nc2c1. The third-order valence-electron chi connectivity index (χ3n) is 12.5. The first-order chi connectivity index (χ1) is 30.8. The van der Waals surface area contributed by atoms with Crippen LogP contribution in [0.4, 0.5) is 9.93 Å². The number of ether oxygens (including phenoxy) is 4. The summed E-state index contributed by atoms with van der Waals surface area (Å²) in [6, 6.07) is 5.23. The van der Waals surface area contributed by atoms with Gasteiger partial charge in [0.2, 0.25) is 11.8 Å². The third kappa shape index (κ3) is 10.4. The van der Waals surface area contributed by atoms with Crippen LogP contribution in [0.1, 0.15) is 84.5 Å². The number of aromatic nitrogens is 2. The number of alkyl carbamates (subject to hydrolysis) is 1. The van der Waals surface area contributed by atoms with E-state index in [0.29, 0.717) is 53.1 Å². The molecule has 0 bridgehead atoms. The van der Waals surface area contributed by atoms with Crippen molar-refractivity contribution in [1.29, 1.82) is 0 Å². The second kappa shape index (κ2) is 19.6. The number of carbonyl (C=O) groups is 4. The molecule has 2 saturated carbocycles. The van der Waals surface area contributed by atoms with Crippen molar-refractivity contribution in [2.75, 3.05) is 45.3 Å². The first-order valence-corrected chi connectivity index (χ1v) is 24.7. The van der Waals surface area contributed by atoms with Crippen LogP contribution in [0.5, 0.6) is 11.5 Å². The fourth-order valence-electron chi connectivity index (χ4n) is 8.98. The molecule has 4 amide bonds. The van der Waals surface area contributed by atoms with E-state index in [1.807, 2.05) is 37.4 Å². The van der Waals surface area contributed by atoms with Gasteiger partial charge in [0.05, 0.1) is 38.1 Å². The number of carbonyl (C=O) groups excluding carboxylic acids is 4. The molecule has 5 heterocycles. The highest BCUT2D eigenvalue weighted by molar-refractivity contribution is 7.87. The van der Waals surface area contributed by atoms with Gasteiger partial charge < -0.3 is 39.8 Å². The molecule has 0 spiro atoms. The van der Waals surface area contributed by atoms with Crippen LogP contribution in [0.25, 0.3) is 22.3 Å². The number of amides is 4. The highest BCUT2D eigenvalue weighted by atomic mass is 32.2. The molecule has 18 nitrogen and oxygen atoms in total. The van der Waals surface area contributed by atoms with E-state index >= 15 is 0 Å². The van der Waals surface area contributed by atoms with E-state index in [1.54, 1.807) is 25.3 Å². The van der Waals surface area contributed by atoms with E-state index in [0.717, 1.165) is 48.0 Å². The van der Waals surface area contributed by atoms with E-state index < -0.39 is 63.7 Å². The number of anilines is 1. The molecule has 5 atom stereocenters. The Morgan fingerprint density at radius 3 is 2.55 bits per heavy atom. The molecule has 0 unspecified atom stereocenters. The molecule has 1 aromatic carbocycles.